The lowest BCUT2D eigenvalue weighted by Gasteiger charge is -1.88. The van der Waals surface area contributed by atoms with E-state index in [2.05, 4.69) is 4.98 Å². The van der Waals surface area contributed by atoms with Gasteiger partial charge in [0.1, 0.15) is 9.34 Å². The fraction of sp³-hybridized carbons (Fsp3) is 0.143. The molecule has 1 heterocycles. The first kappa shape index (κ1) is 9.22. The molecule has 3 nitrogen and oxygen atoms in total. The lowest BCUT2D eigenvalue weighted by molar-refractivity contribution is -0.132. The summed E-state index contributed by atoms with van der Waals surface area (Å²) >= 11 is 6.85. The van der Waals surface area contributed by atoms with Crippen LogP contribution in [-0.2, 0) is 4.79 Å². The zero-order valence-corrected chi connectivity index (χ0v) is 7.82. The highest BCUT2D eigenvalue weighted by Gasteiger charge is 2.02. The summed E-state index contributed by atoms with van der Waals surface area (Å²) in [4.78, 5) is 14.3. The van der Waals surface area contributed by atoms with Gasteiger partial charge in [-0.2, -0.15) is 0 Å². The maximum atomic E-state index is 10.4. The van der Waals surface area contributed by atoms with Crippen molar-refractivity contribution in [3.05, 3.63) is 21.1 Å². The molecule has 0 fully saturated rings. The predicted octanol–water partition coefficient (Wildman–Crippen LogP) is 2.28. The molecule has 0 aromatic carbocycles. The Hall–Kier alpha value is -0.870. The fourth-order valence-corrected chi connectivity index (χ4v) is 1.51. The second-order valence-electron chi connectivity index (χ2n) is 2.14. The van der Waals surface area contributed by atoms with Gasteiger partial charge in [-0.25, -0.2) is 9.78 Å². The van der Waals surface area contributed by atoms with E-state index in [9.17, 15) is 4.79 Å². The second kappa shape index (κ2) is 3.69. The van der Waals surface area contributed by atoms with Gasteiger partial charge in [0.25, 0.3) is 0 Å². The Morgan fingerprint density at radius 2 is 2.50 bits per heavy atom. The number of carbonyl (C=O) groups is 1. The average molecular weight is 204 g/mol. The molecule has 0 spiro atoms. The lowest BCUT2D eigenvalue weighted by Crippen LogP contribution is -1.94. The SMILES string of the molecule is C/C(=C/c1ncc(Cl)s1)C(=O)O. The number of carboxylic acids is 1. The number of nitrogens with zero attached hydrogens (tertiary/aromatic N) is 1. The van der Waals surface area contributed by atoms with Crippen LogP contribution in [0.3, 0.4) is 0 Å². The number of aromatic nitrogens is 1. The van der Waals surface area contributed by atoms with Crippen molar-refractivity contribution in [1.29, 1.82) is 0 Å². The summed E-state index contributed by atoms with van der Waals surface area (Å²) in [7, 11) is 0. The zero-order chi connectivity index (χ0) is 9.14. The molecule has 0 atom stereocenters. The van der Waals surface area contributed by atoms with Crippen LogP contribution in [0.1, 0.15) is 11.9 Å². The molecule has 64 valence electrons. The van der Waals surface area contributed by atoms with Gasteiger partial charge in [-0.15, -0.1) is 11.3 Å². The highest BCUT2D eigenvalue weighted by molar-refractivity contribution is 7.16. The summed E-state index contributed by atoms with van der Waals surface area (Å²) in [6.07, 6.45) is 2.98. The largest absolute Gasteiger partial charge is 0.478 e. The molecule has 12 heavy (non-hydrogen) atoms. The quantitative estimate of drug-likeness (QED) is 0.751. The van der Waals surface area contributed by atoms with Crippen molar-refractivity contribution in [2.45, 2.75) is 6.92 Å². The molecule has 1 aromatic rings. The topological polar surface area (TPSA) is 50.2 Å². The molecular formula is C7H6ClNO2S. The minimum absolute atomic E-state index is 0.251. The number of rotatable bonds is 2. The third kappa shape index (κ3) is 2.32. The molecule has 0 amide bonds. The highest BCUT2D eigenvalue weighted by atomic mass is 35.5. The van der Waals surface area contributed by atoms with E-state index in [1.807, 2.05) is 0 Å². The standard InChI is InChI=1S/C7H6ClNO2S/c1-4(7(10)11)2-6-9-3-5(8)12-6/h2-3H,1H3,(H,10,11)/b4-2-. The minimum Gasteiger partial charge on any atom is -0.478 e. The molecule has 1 rings (SSSR count). The maximum Gasteiger partial charge on any atom is 0.331 e. The van der Waals surface area contributed by atoms with Crippen LogP contribution in [0, 0.1) is 0 Å². The van der Waals surface area contributed by atoms with Crippen molar-refractivity contribution in [3.8, 4) is 0 Å². The first-order valence-electron chi connectivity index (χ1n) is 3.12. The van der Waals surface area contributed by atoms with E-state index in [1.54, 1.807) is 0 Å². The molecule has 0 aliphatic heterocycles. The van der Waals surface area contributed by atoms with Gasteiger partial charge in [-0.1, -0.05) is 11.6 Å². The smallest absolute Gasteiger partial charge is 0.331 e. The summed E-state index contributed by atoms with van der Waals surface area (Å²) < 4.78 is 0.555. The summed E-state index contributed by atoms with van der Waals surface area (Å²) in [6, 6.07) is 0. The Morgan fingerprint density at radius 1 is 1.83 bits per heavy atom. The van der Waals surface area contributed by atoms with E-state index in [0.29, 0.717) is 9.34 Å². The summed E-state index contributed by atoms with van der Waals surface area (Å²) in [5, 5.41) is 9.14. The molecule has 0 aliphatic carbocycles. The van der Waals surface area contributed by atoms with Crippen molar-refractivity contribution in [2.24, 2.45) is 0 Å². The van der Waals surface area contributed by atoms with Crippen LogP contribution in [0.15, 0.2) is 11.8 Å². The van der Waals surface area contributed by atoms with Crippen molar-refractivity contribution < 1.29 is 9.90 Å². The van der Waals surface area contributed by atoms with Crippen molar-refractivity contribution in [3.63, 3.8) is 0 Å². The normalized spacial score (nSPS) is 11.7. The number of halogens is 1. The Kier molecular flexibility index (Phi) is 2.83. The van der Waals surface area contributed by atoms with E-state index in [-0.39, 0.29) is 5.57 Å². The van der Waals surface area contributed by atoms with Crippen LogP contribution in [0.5, 0.6) is 0 Å². The van der Waals surface area contributed by atoms with Crippen LogP contribution in [0.25, 0.3) is 6.08 Å². The van der Waals surface area contributed by atoms with Gasteiger partial charge in [-0.3, -0.25) is 0 Å². The van der Waals surface area contributed by atoms with Crippen LogP contribution in [-0.4, -0.2) is 16.1 Å². The number of carboxylic acid groups (broad SMARTS) is 1. The van der Waals surface area contributed by atoms with Gasteiger partial charge >= 0.3 is 5.97 Å². The third-order valence-corrected chi connectivity index (χ3v) is 2.23. The lowest BCUT2D eigenvalue weighted by atomic mass is 10.3. The minimum atomic E-state index is -0.943. The Bertz CT molecular complexity index is 332. The molecule has 0 saturated carbocycles. The number of hydrogen-bond donors (Lipinski definition) is 1. The Labute approximate surface area is 78.3 Å². The number of aliphatic carboxylic acids is 1. The van der Waals surface area contributed by atoms with E-state index < -0.39 is 5.97 Å². The third-order valence-electron chi connectivity index (χ3n) is 1.17. The first-order chi connectivity index (χ1) is 5.59. The molecule has 0 radical (unpaired) electrons. The van der Waals surface area contributed by atoms with Gasteiger partial charge < -0.3 is 5.11 Å². The van der Waals surface area contributed by atoms with E-state index in [1.165, 1.54) is 30.5 Å². The molecule has 5 heteroatoms. The van der Waals surface area contributed by atoms with Crippen molar-refractivity contribution >= 4 is 35.0 Å². The molecule has 1 aromatic heterocycles. The van der Waals surface area contributed by atoms with E-state index in [4.69, 9.17) is 16.7 Å². The van der Waals surface area contributed by atoms with Gasteiger partial charge in [-0.05, 0) is 13.0 Å². The summed E-state index contributed by atoms with van der Waals surface area (Å²) in [5.41, 5.74) is 0.251. The molecular weight excluding hydrogens is 198 g/mol. The summed E-state index contributed by atoms with van der Waals surface area (Å²) in [5.74, 6) is -0.943. The van der Waals surface area contributed by atoms with Crippen molar-refractivity contribution in [1.82, 2.24) is 4.98 Å². The Morgan fingerprint density at radius 3 is 2.92 bits per heavy atom. The van der Waals surface area contributed by atoms with E-state index in [0.717, 1.165) is 0 Å². The Balaban J connectivity index is 2.87. The van der Waals surface area contributed by atoms with Crippen LogP contribution in [0.2, 0.25) is 4.34 Å². The monoisotopic (exact) mass is 203 g/mol. The fourth-order valence-electron chi connectivity index (χ4n) is 0.581. The zero-order valence-electron chi connectivity index (χ0n) is 6.24. The molecule has 1 N–H and O–H groups in total. The van der Waals surface area contributed by atoms with Gasteiger partial charge in [0.15, 0.2) is 0 Å². The van der Waals surface area contributed by atoms with Crippen molar-refractivity contribution in [2.75, 3.05) is 0 Å². The molecule has 0 bridgehead atoms. The van der Waals surface area contributed by atoms with Crippen LogP contribution < -0.4 is 0 Å². The molecule has 0 unspecified atom stereocenters. The maximum absolute atomic E-state index is 10.4. The van der Waals surface area contributed by atoms with E-state index >= 15 is 0 Å². The first-order valence-corrected chi connectivity index (χ1v) is 4.32. The van der Waals surface area contributed by atoms with Crippen LogP contribution >= 0.6 is 22.9 Å². The molecule has 0 saturated heterocycles. The van der Waals surface area contributed by atoms with Gasteiger partial charge in [0.2, 0.25) is 0 Å². The average Bonchev–Trinajstić information content (AvgIpc) is 2.35. The summed E-state index contributed by atoms with van der Waals surface area (Å²) in [6.45, 7) is 1.51. The molecule has 0 aliphatic rings. The number of thiazole rings is 1. The van der Waals surface area contributed by atoms with Gasteiger partial charge in [0, 0.05) is 5.57 Å². The highest BCUT2D eigenvalue weighted by Crippen LogP contribution is 2.20. The van der Waals surface area contributed by atoms with Gasteiger partial charge in [0.05, 0.1) is 6.20 Å². The predicted molar refractivity (Wildman–Crippen MR) is 48.4 cm³/mol. The van der Waals surface area contributed by atoms with Crippen LogP contribution in [0.4, 0.5) is 0 Å². The number of hydrogen-bond acceptors (Lipinski definition) is 3. The second-order valence-corrected chi connectivity index (χ2v) is 3.83.